The molecule has 4 aromatic carbocycles. The summed E-state index contributed by atoms with van der Waals surface area (Å²) in [5.41, 5.74) is 12.6. The first-order valence-electron chi connectivity index (χ1n) is 47.5. The van der Waals surface area contributed by atoms with Gasteiger partial charge in [-0.1, -0.05) is 252 Å². The van der Waals surface area contributed by atoms with Crippen molar-refractivity contribution in [2.24, 2.45) is 0 Å². The van der Waals surface area contributed by atoms with Crippen LogP contribution in [0.4, 0.5) is 0 Å². The van der Waals surface area contributed by atoms with Crippen molar-refractivity contribution in [2.75, 3.05) is 39.6 Å². The lowest BCUT2D eigenvalue weighted by molar-refractivity contribution is 0.00578. The number of ether oxygens (including phenoxy) is 6. The van der Waals surface area contributed by atoms with E-state index in [9.17, 15) is 0 Å². The van der Waals surface area contributed by atoms with Crippen molar-refractivity contribution in [3.05, 3.63) is 120 Å². The minimum Gasteiger partial charge on any atom is -0.493 e. The molecular formula is C104H148B2N4O10. The van der Waals surface area contributed by atoms with E-state index in [2.05, 4.69) is 228 Å². The number of nitrogens with zero attached hydrogens (tertiary/aromatic N) is 2. The number of nitrogens with one attached hydrogen (secondary N) is 2. The number of hydrogen-bond acceptors (Lipinski definition) is 12. The van der Waals surface area contributed by atoms with Gasteiger partial charge in [-0.3, -0.25) is 0 Å². The van der Waals surface area contributed by atoms with Gasteiger partial charge in [0.05, 0.1) is 84.8 Å². The molecule has 0 amide bonds. The molecule has 650 valence electrons. The molecule has 2 saturated heterocycles. The number of rotatable bonds is 54. The molecular weight excluding hydrogens is 1490 g/mol. The van der Waals surface area contributed by atoms with Crippen LogP contribution in [-0.2, 0) is 18.6 Å². The molecule has 2 N–H and O–H groups in total. The molecule has 0 radical (unpaired) electrons. The van der Waals surface area contributed by atoms with Gasteiger partial charge >= 0.3 is 14.2 Å². The lowest BCUT2D eigenvalue weighted by Crippen LogP contribution is -2.41. The summed E-state index contributed by atoms with van der Waals surface area (Å²) >= 11 is 0. The highest BCUT2D eigenvalue weighted by Crippen LogP contribution is 2.45. The molecule has 120 heavy (non-hydrogen) atoms. The number of fused-ring (bicyclic) bond motifs is 8. The molecule has 0 unspecified atom stereocenters. The van der Waals surface area contributed by atoms with Crippen LogP contribution in [0.2, 0.25) is 0 Å². The van der Waals surface area contributed by atoms with E-state index in [1.807, 2.05) is 0 Å². The molecule has 0 atom stereocenters. The Morgan fingerprint density at radius 1 is 0.250 bits per heavy atom. The first kappa shape index (κ1) is 93.0. The van der Waals surface area contributed by atoms with Crippen molar-refractivity contribution in [1.82, 2.24) is 19.9 Å². The van der Waals surface area contributed by atoms with E-state index < -0.39 is 36.6 Å². The lowest BCUT2D eigenvalue weighted by atomic mass is 9.70. The molecule has 8 bridgehead atoms. The lowest BCUT2D eigenvalue weighted by Gasteiger charge is -2.32. The zero-order valence-electron chi connectivity index (χ0n) is 76.4. The van der Waals surface area contributed by atoms with E-state index in [0.29, 0.717) is 39.6 Å². The van der Waals surface area contributed by atoms with Crippen LogP contribution >= 0.6 is 0 Å². The Morgan fingerprint density at radius 2 is 0.442 bits per heavy atom. The van der Waals surface area contributed by atoms with Gasteiger partial charge in [-0.2, -0.15) is 0 Å². The molecule has 7 heterocycles. The Balaban J connectivity index is 1.21. The van der Waals surface area contributed by atoms with Gasteiger partial charge < -0.3 is 57.0 Å². The van der Waals surface area contributed by atoms with Crippen LogP contribution in [0.25, 0.3) is 90.9 Å². The maximum absolute atomic E-state index is 7.01. The molecule has 0 aliphatic carbocycles. The van der Waals surface area contributed by atoms with Crippen LogP contribution in [0.3, 0.4) is 0 Å². The number of H-pyrrole nitrogens is 2. The first-order valence-corrected chi connectivity index (χ1v) is 47.5. The van der Waals surface area contributed by atoms with E-state index in [-0.39, 0.29) is 0 Å². The maximum atomic E-state index is 7.01. The Kier molecular flexibility index (Phi) is 36.1. The van der Waals surface area contributed by atoms with Gasteiger partial charge in [-0.15, -0.1) is 0 Å². The van der Waals surface area contributed by atoms with Gasteiger partial charge in [0.25, 0.3) is 0 Å². The van der Waals surface area contributed by atoms with Crippen LogP contribution in [0.15, 0.2) is 97.1 Å². The van der Waals surface area contributed by atoms with Crippen LogP contribution in [0.5, 0.6) is 34.5 Å². The summed E-state index contributed by atoms with van der Waals surface area (Å²) in [6, 6.07) is 34.8. The molecule has 14 nitrogen and oxygen atoms in total. The van der Waals surface area contributed by atoms with Crippen molar-refractivity contribution >= 4 is 71.5 Å². The number of unbranched alkanes of at least 4 members (excludes halogenated alkanes) is 30. The minimum atomic E-state index is -0.725. The van der Waals surface area contributed by atoms with E-state index in [4.69, 9.17) is 57.0 Å². The second kappa shape index (κ2) is 46.7. The van der Waals surface area contributed by atoms with Crippen molar-refractivity contribution in [3.63, 3.8) is 0 Å². The van der Waals surface area contributed by atoms with Crippen molar-refractivity contribution in [3.8, 4) is 79.0 Å². The van der Waals surface area contributed by atoms with Crippen LogP contribution in [-0.4, -0.2) is 96.2 Å². The zero-order valence-corrected chi connectivity index (χ0v) is 76.4. The number of hydrogen-bond donors (Lipinski definition) is 2. The average Bonchev–Trinajstić information content (AvgIpc) is 1.59. The van der Waals surface area contributed by atoms with Gasteiger partial charge in [0.15, 0.2) is 0 Å². The molecule has 0 saturated carbocycles. The first-order chi connectivity index (χ1) is 58.2. The summed E-state index contributed by atoms with van der Waals surface area (Å²) in [5, 5.41) is 0. The topological polar surface area (TPSA) is 150 Å². The summed E-state index contributed by atoms with van der Waals surface area (Å²) in [5.74, 6) is 4.54. The summed E-state index contributed by atoms with van der Waals surface area (Å²) in [6.45, 7) is 34.1. The fourth-order valence-electron chi connectivity index (χ4n) is 16.6. The monoisotopic (exact) mass is 1640 g/mol. The molecule has 11 rings (SSSR count). The van der Waals surface area contributed by atoms with Gasteiger partial charge in [-0.25, -0.2) is 9.97 Å². The second-order valence-corrected chi connectivity index (χ2v) is 36.3. The molecule has 7 aromatic rings. The van der Waals surface area contributed by atoms with Gasteiger partial charge in [-0.05, 0) is 212 Å². The highest BCUT2D eigenvalue weighted by molar-refractivity contribution is 6.66. The normalized spacial score (nSPS) is 15.0. The fraction of sp³-hybridized carbons (Fsp3) is 0.577. The molecule has 4 aliphatic heterocycles. The van der Waals surface area contributed by atoms with E-state index >= 15 is 0 Å². The Morgan fingerprint density at radius 3 is 0.650 bits per heavy atom. The van der Waals surface area contributed by atoms with E-state index in [1.165, 1.54) is 154 Å². The molecule has 0 spiro atoms. The highest BCUT2D eigenvalue weighted by atomic mass is 16.7. The predicted octanol–water partition coefficient (Wildman–Crippen LogP) is 28.4. The Hall–Kier alpha value is -7.75. The van der Waals surface area contributed by atoms with Gasteiger partial charge in [0.1, 0.15) is 34.5 Å². The average molecular weight is 1640 g/mol. The zero-order chi connectivity index (χ0) is 84.8. The number of benzene rings is 4. The number of aromatic amines is 2. The third kappa shape index (κ3) is 26.2. The van der Waals surface area contributed by atoms with Crippen molar-refractivity contribution in [1.29, 1.82) is 0 Å². The summed E-state index contributed by atoms with van der Waals surface area (Å²) in [4.78, 5) is 20.2. The maximum Gasteiger partial charge on any atom is 0.494 e. The highest BCUT2D eigenvalue weighted by Gasteiger charge is 2.54. The van der Waals surface area contributed by atoms with Crippen LogP contribution in [0.1, 0.15) is 351 Å². The van der Waals surface area contributed by atoms with Crippen LogP contribution < -0.4 is 39.3 Å². The largest absolute Gasteiger partial charge is 0.494 e. The van der Waals surface area contributed by atoms with Crippen molar-refractivity contribution < 1.29 is 47.0 Å². The number of aromatic nitrogens is 4. The van der Waals surface area contributed by atoms with Gasteiger partial charge in [0, 0.05) is 62.5 Å². The molecule has 2 fully saturated rings. The minimum absolute atomic E-state index is 0.591. The van der Waals surface area contributed by atoms with Crippen molar-refractivity contribution in [2.45, 2.75) is 350 Å². The standard InChI is InChI=1S/C104H148B2N4O10/c1-15-21-27-33-39-45-59-111-83-67-78(68-84(74-83)112-60-46-40-34-28-22-16-2)98-91-53-51-89(107-91)97(77-65-81(105-117-101(7,8)102(9,10)118-105)73-82(66-77)106-119-103(11,12)104(13,14)120-106)90-52-54-92(108-90)99(79-69-85(113-61-47-41-35-29-23-17-3)75-86(70-79)114-62-48-42-36-30-24-18-4)94-56-58-96(110-94)100(95-57-55-93(98)109-95)80-71-87(115-63-49-43-37-31-25-19-5)76-88(72-80)116-64-50-44-38-32-26-20-6/h51-58,65-76,107,110H,15-50,59-64H2,1-14H3. The third-order valence-corrected chi connectivity index (χ3v) is 25.2. The van der Waals surface area contributed by atoms with Gasteiger partial charge in [0.2, 0.25) is 0 Å². The second-order valence-electron chi connectivity index (χ2n) is 36.3. The van der Waals surface area contributed by atoms with E-state index in [1.54, 1.807) is 0 Å². The summed E-state index contributed by atoms with van der Waals surface area (Å²) < 4.78 is 69.4. The quantitative estimate of drug-likeness (QED) is 0.0276. The van der Waals surface area contributed by atoms with Crippen LogP contribution in [0, 0.1) is 0 Å². The molecule has 3 aromatic heterocycles. The van der Waals surface area contributed by atoms with E-state index in [0.717, 1.165) is 212 Å². The Labute approximate surface area is 723 Å². The smallest absolute Gasteiger partial charge is 0.493 e. The molecule has 4 aliphatic rings. The predicted molar refractivity (Wildman–Crippen MR) is 505 cm³/mol. The SMILES string of the molecule is CCCCCCCCOc1cc(OCCCCCCCC)cc(-c2c3nc(c(-c4cc(OCCCCCCCC)cc(OCCCCCCCC)c4)c4ccc([nH]4)c(-c4cc(B5OC(C)(C)C(C)(C)O5)cc(B5OC(C)(C)C(C)(C)O5)c4)c4nc(c(-c5cc(OCCCCCCCC)cc(OCCCCCCCC)c5)c5ccc2[nH]5)C=C4)C=C3)c1. The fourth-order valence-corrected chi connectivity index (χ4v) is 16.6. The third-order valence-electron chi connectivity index (χ3n) is 25.2. The Bertz CT molecular complexity index is 4310. The summed E-state index contributed by atoms with van der Waals surface area (Å²) in [7, 11) is -1.45. The molecule has 16 heteroatoms. The summed E-state index contributed by atoms with van der Waals surface area (Å²) in [6.07, 6.45) is 50.5.